The molecule has 1 aliphatic rings. The highest BCUT2D eigenvalue weighted by Crippen LogP contribution is 2.29. The minimum absolute atomic E-state index is 0.215. The Bertz CT molecular complexity index is 394. The molecule has 0 bridgehead atoms. The molecule has 1 fully saturated rings. The number of aromatic nitrogens is 2. The van der Waals surface area contributed by atoms with E-state index in [9.17, 15) is 0 Å². The lowest BCUT2D eigenvalue weighted by Gasteiger charge is -2.18. The molecule has 5 heteroatoms. The molecule has 1 aromatic rings. The zero-order valence-corrected chi connectivity index (χ0v) is 10.7. The third-order valence-electron chi connectivity index (χ3n) is 3.08. The van der Waals surface area contributed by atoms with Crippen LogP contribution in [-0.2, 0) is 0 Å². The van der Waals surface area contributed by atoms with Crippen LogP contribution >= 0.6 is 0 Å². The van der Waals surface area contributed by atoms with Crippen LogP contribution in [0.15, 0.2) is 6.33 Å². The number of likely N-dealkylation sites (tertiary alicyclic amines) is 1. The van der Waals surface area contributed by atoms with Crippen LogP contribution in [-0.4, -0.2) is 41.1 Å². The Morgan fingerprint density at radius 2 is 2.24 bits per heavy atom. The average Bonchev–Trinajstić information content (AvgIpc) is 2.63. The van der Waals surface area contributed by atoms with Crippen molar-refractivity contribution in [1.82, 2.24) is 14.9 Å². The summed E-state index contributed by atoms with van der Waals surface area (Å²) in [5, 5.41) is 0. The molecule has 1 saturated heterocycles. The maximum atomic E-state index is 5.95. The first-order chi connectivity index (χ1) is 8.08. The first-order valence-electron chi connectivity index (χ1n) is 6.03. The van der Waals surface area contributed by atoms with Crippen LogP contribution in [0, 0.1) is 0 Å². The van der Waals surface area contributed by atoms with Crippen LogP contribution in [0.25, 0.3) is 0 Å². The Hall–Kier alpha value is -1.36. The van der Waals surface area contributed by atoms with Gasteiger partial charge in [0.15, 0.2) is 0 Å². The lowest BCUT2D eigenvalue weighted by molar-refractivity contribution is 0.197. The topological polar surface area (TPSA) is 64.3 Å². The summed E-state index contributed by atoms with van der Waals surface area (Å²) < 4.78 is 5.95. The van der Waals surface area contributed by atoms with E-state index in [1.807, 2.05) is 0 Å². The van der Waals surface area contributed by atoms with Crippen LogP contribution in [0.2, 0.25) is 0 Å². The second-order valence-electron chi connectivity index (χ2n) is 4.92. The summed E-state index contributed by atoms with van der Waals surface area (Å²) in [7, 11) is 2.10. The summed E-state index contributed by atoms with van der Waals surface area (Å²) in [4.78, 5) is 10.5. The molecule has 1 atom stereocenters. The Morgan fingerprint density at radius 1 is 1.47 bits per heavy atom. The standard InChI is InChI=1S/C12H20N4O/c1-8(2)10-11(13)14-7-15-12(10)17-9-4-5-16(3)6-9/h7-9H,4-6H2,1-3H3,(H2,13,14,15). The molecular weight excluding hydrogens is 216 g/mol. The molecule has 2 rings (SSSR count). The van der Waals surface area contributed by atoms with Crippen molar-refractivity contribution in [3.63, 3.8) is 0 Å². The van der Waals surface area contributed by atoms with E-state index in [2.05, 4.69) is 35.8 Å². The van der Waals surface area contributed by atoms with E-state index >= 15 is 0 Å². The number of likely N-dealkylation sites (N-methyl/N-ethyl adjacent to an activating group) is 1. The van der Waals surface area contributed by atoms with Crippen molar-refractivity contribution in [2.75, 3.05) is 25.9 Å². The van der Waals surface area contributed by atoms with Crippen LogP contribution in [0.4, 0.5) is 5.82 Å². The largest absolute Gasteiger partial charge is 0.473 e. The van der Waals surface area contributed by atoms with Gasteiger partial charge in [-0.3, -0.25) is 0 Å². The van der Waals surface area contributed by atoms with E-state index < -0.39 is 0 Å². The zero-order valence-electron chi connectivity index (χ0n) is 10.7. The van der Waals surface area contributed by atoms with Crippen LogP contribution in [0.3, 0.4) is 0 Å². The van der Waals surface area contributed by atoms with Crippen molar-refractivity contribution in [3.8, 4) is 5.88 Å². The van der Waals surface area contributed by atoms with Crippen molar-refractivity contribution >= 4 is 5.82 Å². The lowest BCUT2D eigenvalue weighted by Crippen LogP contribution is -2.22. The molecule has 94 valence electrons. The van der Waals surface area contributed by atoms with Gasteiger partial charge in [0.05, 0.1) is 5.56 Å². The second-order valence-corrected chi connectivity index (χ2v) is 4.92. The summed E-state index contributed by atoms with van der Waals surface area (Å²) in [5.41, 5.74) is 6.80. The summed E-state index contributed by atoms with van der Waals surface area (Å²) in [6.45, 7) is 6.16. The fourth-order valence-corrected chi connectivity index (χ4v) is 2.18. The smallest absolute Gasteiger partial charge is 0.222 e. The monoisotopic (exact) mass is 236 g/mol. The van der Waals surface area contributed by atoms with Gasteiger partial charge < -0.3 is 15.4 Å². The quantitative estimate of drug-likeness (QED) is 0.856. The molecule has 17 heavy (non-hydrogen) atoms. The number of nitrogen functional groups attached to an aromatic ring is 1. The zero-order chi connectivity index (χ0) is 12.4. The minimum atomic E-state index is 0.215. The maximum absolute atomic E-state index is 5.95. The number of hydrogen-bond donors (Lipinski definition) is 1. The third-order valence-corrected chi connectivity index (χ3v) is 3.08. The first-order valence-corrected chi connectivity index (χ1v) is 6.03. The summed E-state index contributed by atoms with van der Waals surface area (Å²) >= 11 is 0. The van der Waals surface area contributed by atoms with E-state index in [0.717, 1.165) is 25.1 Å². The maximum Gasteiger partial charge on any atom is 0.222 e. The third kappa shape index (κ3) is 2.66. The molecule has 0 aliphatic carbocycles. The highest BCUT2D eigenvalue weighted by molar-refractivity contribution is 5.46. The molecule has 0 aromatic carbocycles. The van der Waals surface area contributed by atoms with Crippen LogP contribution < -0.4 is 10.5 Å². The Morgan fingerprint density at radius 3 is 2.82 bits per heavy atom. The molecule has 1 unspecified atom stereocenters. The molecule has 0 spiro atoms. The number of anilines is 1. The van der Waals surface area contributed by atoms with Gasteiger partial charge in [-0.25, -0.2) is 9.97 Å². The van der Waals surface area contributed by atoms with E-state index in [4.69, 9.17) is 10.5 Å². The molecule has 0 saturated carbocycles. The van der Waals surface area contributed by atoms with E-state index in [1.165, 1.54) is 6.33 Å². The molecule has 1 aliphatic heterocycles. The molecule has 1 aromatic heterocycles. The lowest BCUT2D eigenvalue weighted by atomic mass is 10.1. The number of nitrogens with two attached hydrogens (primary N) is 1. The number of hydrogen-bond acceptors (Lipinski definition) is 5. The Balaban J connectivity index is 2.17. The highest BCUT2D eigenvalue weighted by Gasteiger charge is 2.24. The summed E-state index contributed by atoms with van der Waals surface area (Å²) in [6, 6.07) is 0. The molecule has 5 nitrogen and oxygen atoms in total. The van der Waals surface area contributed by atoms with Gasteiger partial charge in [0.2, 0.25) is 5.88 Å². The Labute approximate surface area is 102 Å². The normalized spacial score (nSPS) is 21.1. The minimum Gasteiger partial charge on any atom is -0.473 e. The van der Waals surface area contributed by atoms with Gasteiger partial charge in [-0.2, -0.15) is 0 Å². The SMILES string of the molecule is CC(C)c1c(N)ncnc1OC1CCN(C)C1. The van der Waals surface area contributed by atoms with Crippen molar-refractivity contribution < 1.29 is 4.74 Å². The van der Waals surface area contributed by atoms with Gasteiger partial charge in [0.25, 0.3) is 0 Å². The fraction of sp³-hybridized carbons (Fsp3) is 0.667. The molecular formula is C12H20N4O. The van der Waals surface area contributed by atoms with Crippen LogP contribution in [0.1, 0.15) is 31.7 Å². The first kappa shape index (κ1) is 12.1. The second kappa shape index (κ2) is 4.87. The van der Waals surface area contributed by atoms with Gasteiger partial charge in [0.1, 0.15) is 18.2 Å². The van der Waals surface area contributed by atoms with Crippen molar-refractivity contribution in [2.24, 2.45) is 0 Å². The summed E-state index contributed by atoms with van der Waals surface area (Å²) in [6.07, 6.45) is 2.72. The highest BCUT2D eigenvalue weighted by atomic mass is 16.5. The van der Waals surface area contributed by atoms with Gasteiger partial charge in [-0.1, -0.05) is 13.8 Å². The van der Waals surface area contributed by atoms with Gasteiger partial charge in [-0.15, -0.1) is 0 Å². The molecule has 2 N–H and O–H groups in total. The molecule has 2 heterocycles. The molecule has 0 amide bonds. The number of rotatable bonds is 3. The average molecular weight is 236 g/mol. The molecule has 0 radical (unpaired) electrons. The van der Waals surface area contributed by atoms with E-state index in [-0.39, 0.29) is 12.0 Å². The number of ether oxygens (including phenoxy) is 1. The van der Waals surface area contributed by atoms with Gasteiger partial charge in [-0.05, 0) is 19.4 Å². The van der Waals surface area contributed by atoms with Crippen LogP contribution in [0.5, 0.6) is 5.88 Å². The van der Waals surface area contributed by atoms with Crippen molar-refractivity contribution in [2.45, 2.75) is 32.3 Å². The van der Waals surface area contributed by atoms with E-state index in [1.54, 1.807) is 0 Å². The predicted octanol–water partition coefficient (Wildman–Crippen LogP) is 1.27. The van der Waals surface area contributed by atoms with Gasteiger partial charge in [0, 0.05) is 13.1 Å². The fourth-order valence-electron chi connectivity index (χ4n) is 2.18. The van der Waals surface area contributed by atoms with E-state index in [0.29, 0.717) is 11.7 Å². The van der Waals surface area contributed by atoms with Gasteiger partial charge >= 0.3 is 0 Å². The Kier molecular flexibility index (Phi) is 3.47. The predicted molar refractivity (Wildman–Crippen MR) is 67.1 cm³/mol. The summed E-state index contributed by atoms with van der Waals surface area (Å²) in [5.74, 6) is 1.44. The number of nitrogens with zero attached hydrogens (tertiary/aromatic N) is 3. The van der Waals surface area contributed by atoms with Crippen molar-refractivity contribution in [3.05, 3.63) is 11.9 Å². The van der Waals surface area contributed by atoms with Crippen molar-refractivity contribution in [1.29, 1.82) is 0 Å².